The molecule has 2 heterocycles. The number of urea groups is 1. The summed E-state index contributed by atoms with van der Waals surface area (Å²) in [5.74, 6) is 2.10. The van der Waals surface area contributed by atoms with Crippen molar-refractivity contribution in [3.63, 3.8) is 0 Å². The molecule has 1 N–H and O–H groups in total. The molecule has 2 aliphatic rings. The number of benzene rings is 1. The van der Waals surface area contributed by atoms with Gasteiger partial charge in [-0.05, 0) is 43.2 Å². The molecule has 0 aliphatic carbocycles. The zero-order chi connectivity index (χ0) is 19.4. The Balaban J connectivity index is 1.64. The van der Waals surface area contributed by atoms with Gasteiger partial charge in [0.1, 0.15) is 17.1 Å². The minimum absolute atomic E-state index is 0.0000519. The summed E-state index contributed by atoms with van der Waals surface area (Å²) < 4.78 is 10.8. The predicted octanol–water partition coefficient (Wildman–Crippen LogP) is 2.22. The number of nitrogens with zero attached hydrogens (tertiary/aromatic N) is 2. The van der Waals surface area contributed by atoms with Crippen LogP contribution in [0.2, 0.25) is 0 Å². The summed E-state index contributed by atoms with van der Waals surface area (Å²) >= 11 is 0. The number of carbonyl (C=O) groups is 2. The number of rotatable bonds is 4. The second-order valence-corrected chi connectivity index (χ2v) is 7.22. The smallest absolute Gasteiger partial charge is 0.317 e. The quantitative estimate of drug-likeness (QED) is 0.876. The molecule has 1 aromatic carbocycles. The van der Waals surface area contributed by atoms with E-state index < -0.39 is 0 Å². The molecule has 3 amide bonds. The van der Waals surface area contributed by atoms with Crippen molar-refractivity contribution >= 4 is 11.9 Å². The molecule has 3 rings (SSSR count). The Kier molecular flexibility index (Phi) is 6.08. The van der Waals surface area contributed by atoms with Gasteiger partial charge in [0, 0.05) is 33.2 Å². The van der Waals surface area contributed by atoms with Gasteiger partial charge in [0.2, 0.25) is 0 Å². The Morgan fingerprint density at radius 2 is 1.52 bits per heavy atom. The van der Waals surface area contributed by atoms with Crippen molar-refractivity contribution < 1.29 is 19.1 Å². The Hall–Kier alpha value is -2.44. The van der Waals surface area contributed by atoms with E-state index in [1.54, 1.807) is 33.4 Å². The Morgan fingerprint density at radius 1 is 0.963 bits per heavy atom. The molecule has 0 saturated carbocycles. The number of nitrogens with one attached hydrogen (secondary N) is 1. The van der Waals surface area contributed by atoms with E-state index in [9.17, 15) is 9.59 Å². The van der Waals surface area contributed by atoms with Gasteiger partial charge in [-0.25, -0.2) is 4.79 Å². The second kappa shape index (κ2) is 8.50. The van der Waals surface area contributed by atoms with Gasteiger partial charge in [-0.3, -0.25) is 4.79 Å². The highest BCUT2D eigenvalue weighted by molar-refractivity contribution is 5.99. The first-order chi connectivity index (χ1) is 13.1. The summed E-state index contributed by atoms with van der Waals surface area (Å²) in [6.07, 6.45) is 3.00. The van der Waals surface area contributed by atoms with Gasteiger partial charge in [0.05, 0.1) is 14.2 Å². The first-order valence-electron chi connectivity index (χ1n) is 9.56. The molecule has 0 bridgehead atoms. The average molecular weight is 375 g/mol. The van der Waals surface area contributed by atoms with Crippen molar-refractivity contribution in [1.82, 2.24) is 15.1 Å². The summed E-state index contributed by atoms with van der Waals surface area (Å²) in [5, 5.41) is 2.69. The van der Waals surface area contributed by atoms with Crippen LogP contribution in [-0.4, -0.2) is 69.2 Å². The normalized spacial score (nSPS) is 20.5. The first kappa shape index (κ1) is 19.3. The summed E-state index contributed by atoms with van der Waals surface area (Å²) in [5.41, 5.74) is 0.498. The standard InChI is InChI=1S/C20H29N3O4/c1-21-20(25)22-10-7-14(8-11-22)15-9-12-23(13-15)19(24)18-16(26-2)5-4-6-17(18)27-3/h4-6,14-15H,7-13H2,1-3H3,(H,21,25). The minimum atomic E-state index is -0.0328. The third kappa shape index (κ3) is 3.96. The molecule has 1 atom stereocenters. The molecule has 0 aromatic heterocycles. The predicted molar refractivity (Wildman–Crippen MR) is 102 cm³/mol. The number of hydrogen-bond donors (Lipinski definition) is 1. The number of amides is 3. The van der Waals surface area contributed by atoms with Gasteiger partial charge in [0.25, 0.3) is 5.91 Å². The molecule has 1 unspecified atom stereocenters. The summed E-state index contributed by atoms with van der Waals surface area (Å²) in [6, 6.07) is 5.40. The van der Waals surface area contributed by atoms with Crippen LogP contribution in [0.3, 0.4) is 0 Å². The van der Waals surface area contributed by atoms with E-state index in [0.717, 1.165) is 45.4 Å². The number of ether oxygens (including phenoxy) is 2. The molecule has 7 heteroatoms. The lowest BCUT2D eigenvalue weighted by Gasteiger charge is -2.34. The average Bonchev–Trinajstić information content (AvgIpc) is 3.22. The van der Waals surface area contributed by atoms with Crippen LogP contribution in [0.15, 0.2) is 18.2 Å². The number of piperidine rings is 1. The third-order valence-corrected chi connectivity index (χ3v) is 5.86. The van der Waals surface area contributed by atoms with Crippen LogP contribution in [0.4, 0.5) is 4.79 Å². The van der Waals surface area contributed by atoms with E-state index in [4.69, 9.17) is 9.47 Å². The number of methoxy groups -OCH3 is 2. The molecule has 148 valence electrons. The maximum atomic E-state index is 13.1. The van der Waals surface area contributed by atoms with Crippen molar-refractivity contribution in [2.75, 3.05) is 47.4 Å². The van der Waals surface area contributed by atoms with Crippen molar-refractivity contribution in [2.24, 2.45) is 11.8 Å². The number of likely N-dealkylation sites (tertiary alicyclic amines) is 2. The van der Waals surface area contributed by atoms with E-state index in [0.29, 0.717) is 28.9 Å². The molecule has 2 fully saturated rings. The van der Waals surface area contributed by atoms with Crippen LogP contribution in [0.5, 0.6) is 11.5 Å². The topological polar surface area (TPSA) is 71.1 Å². The zero-order valence-electron chi connectivity index (χ0n) is 16.4. The summed E-state index contributed by atoms with van der Waals surface area (Å²) in [4.78, 5) is 28.7. The molecule has 7 nitrogen and oxygen atoms in total. The lowest BCUT2D eigenvalue weighted by Crippen LogP contribution is -2.44. The molecule has 2 saturated heterocycles. The SMILES string of the molecule is CNC(=O)N1CCC(C2CCN(C(=O)c3c(OC)cccc3OC)C2)CC1. The molecule has 0 spiro atoms. The van der Waals surface area contributed by atoms with Crippen LogP contribution in [-0.2, 0) is 0 Å². The van der Waals surface area contributed by atoms with Crippen molar-refractivity contribution in [2.45, 2.75) is 19.3 Å². The second-order valence-electron chi connectivity index (χ2n) is 7.22. The van der Waals surface area contributed by atoms with Gasteiger partial charge < -0.3 is 24.6 Å². The van der Waals surface area contributed by atoms with Gasteiger partial charge in [0.15, 0.2) is 0 Å². The van der Waals surface area contributed by atoms with E-state index in [-0.39, 0.29) is 11.9 Å². The number of hydrogen-bond acceptors (Lipinski definition) is 4. The largest absolute Gasteiger partial charge is 0.496 e. The van der Waals surface area contributed by atoms with E-state index >= 15 is 0 Å². The Bertz CT molecular complexity index is 664. The van der Waals surface area contributed by atoms with Gasteiger partial charge in [-0.2, -0.15) is 0 Å². The molecule has 1 aromatic rings. The monoisotopic (exact) mass is 375 g/mol. The van der Waals surface area contributed by atoms with Crippen LogP contribution < -0.4 is 14.8 Å². The minimum Gasteiger partial charge on any atom is -0.496 e. The highest BCUT2D eigenvalue weighted by Crippen LogP contribution is 2.35. The Labute approximate surface area is 160 Å². The molecule has 0 radical (unpaired) electrons. The molecule has 2 aliphatic heterocycles. The maximum Gasteiger partial charge on any atom is 0.317 e. The lowest BCUT2D eigenvalue weighted by atomic mass is 9.84. The zero-order valence-corrected chi connectivity index (χ0v) is 16.4. The van der Waals surface area contributed by atoms with Gasteiger partial charge in [-0.15, -0.1) is 0 Å². The van der Waals surface area contributed by atoms with Crippen LogP contribution >= 0.6 is 0 Å². The van der Waals surface area contributed by atoms with Crippen molar-refractivity contribution in [3.05, 3.63) is 23.8 Å². The molecular formula is C20H29N3O4. The fraction of sp³-hybridized carbons (Fsp3) is 0.600. The lowest BCUT2D eigenvalue weighted by molar-refractivity contribution is 0.0770. The van der Waals surface area contributed by atoms with E-state index in [1.807, 2.05) is 15.9 Å². The first-order valence-corrected chi connectivity index (χ1v) is 9.56. The fourth-order valence-electron chi connectivity index (χ4n) is 4.31. The third-order valence-electron chi connectivity index (χ3n) is 5.86. The van der Waals surface area contributed by atoms with Crippen LogP contribution in [0, 0.1) is 11.8 Å². The van der Waals surface area contributed by atoms with Gasteiger partial charge >= 0.3 is 6.03 Å². The highest BCUT2D eigenvalue weighted by atomic mass is 16.5. The van der Waals surface area contributed by atoms with Crippen molar-refractivity contribution in [1.29, 1.82) is 0 Å². The number of carbonyl (C=O) groups excluding carboxylic acids is 2. The van der Waals surface area contributed by atoms with E-state index in [1.165, 1.54) is 0 Å². The van der Waals surface area contributed by atoms with Gasteiger partial charge in [-0.1, -0.05) is 6.07 Å². The highest BCUT2D eigenvalue weighted by Gasteiger charge is 2.36. The molecule has 27 heavy (non-hydrogen) atoms. The molecular weight excluding hydrogens is 346 g/mol. The summed E-state index contributed by atoms with van der Waals surface area (Å²) in [6.45, 7) is 3.08. The maximum absolute atomic E-state index is 13.1. The Morgan fingerprint density at radius 3 is 2.07 bits per heavy atom. The summed E-state index contributed by atoms with van der Waals surface area (Å²) in [7, 11) is 4.80. The van der Waals surface area contributed by atoms with Crippen LogP contribution in [0.1, 0.15) is 29.6 Å². The van der Waals surface area contributed by atoms with E-state index in [2.05, 4.69) is 5.32 Å². The fourth-order valence-corrected chi connectivity index (χ4v) is 4.31. The van der Waals surface area contributed by atoms with Crippen LogP contribution in [0.25, 0.3) is 0 Å². The van der Waals surface area contributed by atoms with Crippen molar-refractivity contribution in [3.8, 4) is 11.5 Å².